The molecule has 160 valence electrons. The van der Waals surface area contributed by atoms with Gasteiger partial charge in [0.05, 0.1) is 20.5 Å². The molecule has 3 rings (SSSR count). The standard InChI is InChI=1S/C20H15Cl2N3O5S/c1-12-16(3-2-4-19(12)25(27)28)20(26)23-14-6-8-15(9-7-14)31(29,30)24-18-10-5-13(21)11-17(18)22/h2-11,24H,1H3,(H,23,26). The summed E-state index contributed by atoms with van der Waals surface area (Å²) < 4.78 is 27.5. The van der Waals surface area contributed by atoms with Gasteiger partial charge in [0.1, 0.15) is 0 Å². The molecule has 0 aliphatic rings. The zero-order chi connectivity index (χ0) is 22.8. The number of hydrogen-bond donors (Lipinski definition) is 2. The van der Waals surface area contributed by atoms with E-state index in [-0.39, 0.29) is 32.4 Å². The summed E-state index contributed by atoms with van der Waals surface area (Å²) in [5, 5.41) is 14.2. The molecule has 0 aliphatic heterocycles. The molecule has 0 fully saturated rings. The van der Waals surface area contributed by atoms with Crippen LogP contribution in [0.4, 0.5) is 17.1 Å². The smallest absolute Gasteiger partial charge is 0.273 e. The monoisotopic (exact) mass is 479 g/mol. The van der Waals surface area contributed by atoms with Gasteiger partial charge in [0.15, 0.2) is 0 Å². The molecule has 3 aromatic carbocycles. The maximum atomic E-state index is 12.6. The van der Waals surface area contributed by atoms with Gasteiger partial charge in [-0.3, -0.25) is 19.6 Å². The van der Waals surface area contributed by atoms with E-state index in [0.717, 1.165) is 0 Å². The topological polar surface area (TPSA) is 118 Å². The van der Waals surface area contributed by atoms with Gasteiger partial charge in [-0.25, -0.2) is 8.42 Å². The lowest BCUT2D eigenvalue weighted by Gasteiger charge is -2.11. The van der Waals surface area contributed by atoms with Crippen LogP contribution in [0.25, 0.3) is 0 Å². The number of amides is 1. The average molecular weight is 480 g/mol. The minimum Gasteiger partial charge on any atom is -0.322 e. The molecule has 2 N–H and O–H groups in total. The van der Waals surface area contributed by atoms with Gasteiger partial charge < -0.3 is 5.32 Å². The fraction of sp³-hybridized carbons (Fsp3) is 0.0500. The molecule has 31 heavy (non-hydrogen) atoms. The van der Waals surface area contributed by atoms with Gasteiger partial charge in [0.25, 0.3) is 21.6 Å². The van der Waals surface area contributed by atoms with Gasteiger partial charge in [-0.1, -0.05) is 29.3 Å². The molecular weight excluding hydrogens is 465 g/mol. The number of anilines is 2. The molecular formula is C20H15Cl2N3O5S. The summed E-state index contributed by atoms with van der Waals surface area (Å²) in [4.78, 5) is 22.9. The zero-order valence-electron chi connectivity index (χ0n) is 15.9. The summed E-state index contributed by atoms with van der Waals surface area (Å²) >= 11 is 11.8. The maximum Gasteiger partial charge on any atom is 0.273 e. The largest absolute Gasteiger partial charge is 0.322 e. The van der Waals surface area contributed by atoms with Crippen LogP contribution in [-0.2, 0) is 10.0 Å². The van der Waals surface area contributed by atoms with Crippen LogP contribution in [0.1, 0.15) is 15.9 Å². The number of halogens is 2. The number of nitrogens with one attached hydrogen (secondary N) is 2. The molecule has 0 saturated carbocycles. The highest BCUT2D eigenvalue weighted by Gasteiger charge is 2.19. The molecule has 0 atom stereocenters. The van der Waals surface area contributed by atoms with E-state index < -0.39 is 20.9 Å². The molecule has 11 heteroatoms. The lowest BCUT2D eigenvalue weighted by molar-refractivity contribution is -0.385. The molecule has 0 bridgehead atoms. The van der Waals surface area contributed by atoms with Crippen LogP contribution in [0.15, 0.2) is 65.6 Å². The van der Waals surface area contributed by atoms with E-state index in [4.69, 9.17) is 23.2 Å². The normalized spacial score (nSPS) is 11.1. The van der Waals surface area contributed by atoms with Crippen molar-refractivity contribution in [3.63, 3.8) is 0 Å². The number of benzene rings is 3. The highest BCUT2D eigenvalue weighted by atomic mass is 35.5. The van der Waals surface area contributed by atoms with Gasteiger partial charge >= 0.3 is 0 Å². The van der Waals surface area contributed by atoms with Crippen molar-refractivity contribution in [1.29, 1.82) is 0 Å². The highest BCUT2D eigenvalue weighted by molar-refractivity contribution is 7.92. The lowest BCUT2D eigenvalue weighted by atomic mass is 10.1. The van der Waals surface area contributed by atoms with Crippen LogP contribution in [0.3, 0.4) is 0 Å². The second kappa shape index (κ2) is 8.93. The van der Waals surface area contributed by atoms with Crippen molar-refractivity contribution < 1.29 is 18.1 Å². The van der Waals surface area contributed by atoms with Crippen LogP contribution < -0.4 is 10.0 Å². The van der Waals surface area contributed by atoms with E-state index in [1.165, 1.54) is 67.6 Å². The van der Waals surface area contributed by atoms with Crippen LogP contribution in [0.2, 0.25) is 10.0 Å². The molecule has 1 amide bonds. The van der Waals surface area contributed by atoms with E-state index in [0.29, 0.717) is 10.7 Å². The summed E-state index contributed by atoms with van der Waals surface area (Å²) in [7, 11) is -3.93. The molecule has 8 nitrogen and oxygen atoms in total. The molecule has 0 unspecified atom stereocenters. The van der Waals surface area contributed by atoms with Crippen LogP contribution in [-0.4, -0.2) is 19.2 Å². The Morgan fingerprint density at radius 2 is 1.71 bits per heavy atom. The molecule has 0 aliphatic carbocycles. The Hall–Kier alpha value is -3.14. The number of hydrogen-bond acceptors (Lipinski definition) is 5. The van der Waals surface area contributed by atoms with Crippen molar-refractivity contribution in [3.8, 4) is 0 Å². The van der Waals surface area contributed by atoms with Crippen molar-refractivity contribution >= 4 is 56.2 Å². The van der Waals surface area contributed by atoms with E-state index in [2.05, 4.69) is 10.0 Å². The van der Waals surface area contributed by atoms with Crippen molar-refractivity contribution in [2.24, 2.45) is 0 Å². The minimum atomic E-state index is -3.93. The Labute approximate surface area is 188 Å². The highest BCUT2D eigenvalue weighted by Crippen LogP contribution is 2.28. The van der Waals surface area contributed by atoms with Gasteiger partial charge in [-0.2, -0.15) is 0 Å². The predicted octanol–water partition coefficient (Wildman–Crippen LogP) is 5.26. The molecule has 3 aromatic rings. The van der Waals surface area contributed by atoms with Crippen LogP contribution in [0, 0.1) is 17.0 Å². The first-order valence-electron chi connectivity index (χ1n) is 8.72. The Morgan fingerprint density at radius 1 is 1.03 bits per heavy atom. The molecule has 0 radical (unpaired) electrons. The summed E-state index contributed by atoms with van der Waals surface area (Å²) in [5.74, 6) is -0.553. The van der Waals surface area contributed by atoms with Gasteiger partial charge in [0, 0.05) is 27.9 Å². The quantitative estimate of drug-likeness (QED) is 0.368. The first kappa shape index (κ1) is 22.5. The average Bonchev–Trinajstić information content (AvgIpc) is 2.70. The first-order chi connectivity index (χ1) is 14.6. The van der Waals surface area contributed by atoms with E-state index >= 15 is 0 Å². The summed E-state index contributed by atoms with van der Waals surface area (Å²) in [5.41, 5.74) is 0.697. The summed E-state index contributed by atoms with van der Waals surface area (Å²) in [6.07, 6.45) is 0. The lowest BCUT2D eigenvalue weighted by Crippen LogP contribution is -2.15. The number of rotatable bonds is 6. The Morgan fingerprint density at radius 3 is 2.32 bits per heavy atom. The van der Waals surface area contributed by atoms with Crippen molar-refractivity contribution in [2.45, 2.75) is 11.8 Å². The third kappa shape index (κ3) is 5.13. The molecule has 0 aromatic heterocycles. The molecule has 0 spiro atoms. The van der Waals surface area contributed by atoms with Crippen molar-refractivity contribution in [2.75, 3.05) is 10.0 Å². The maximum absolute atomic E-state index is 12.6. The molecule has 0 saturated heterocycles. The van der Waals surface area contributed by atoms with E-state index in [9.17, 15) is 23.3 Å². The first-order valence-corrected chi connectivity index (χ1v) is 11.0. The SMILES string of the molecule is Cc1c(C(=O)Nc2ccc(S(=O)(=O)Nc3ccc(Cl)cc3Cl)cc2)cccc1[N+](=O)[O-]. The Balaban J connectivity index is 1.78. The van der Waals surface area contributed by atoms with Gasteiger partial charge in [-0.05, 0) is 55.5 Å². The third-order valence-corrected chi connectivity index (χ3v) is 6.27. The minimum absolute atomic E-state index is 0.0527. The van der Waals surface area contributed by atoms with E-state index in [1.54, 1.807) is 0 Å². The fourth-order valence-corrected chi connectivity index (χ4v) is 4.35. The number of nitro benzene ring substituents is 1. The zero-order valence-corrected chi connectivity index (χ0v) is 18.3. The summed E-state index contributed by atoms with van der Waals surface area (Å²) in [6.45, 7) is 1.48. The van der Waals surface area contributed by atoms with Crippen LogP contribution >= 0.6 is 23.2 Å². The third-order valence-electron chi connectivity index (χ3n) is 4.34. The number of nitro groups is 1. The second-order valence-electron chi connectivity index (χ2n) is 6.41. The Bertz CT molecular complexity index is 1280. The second-order valence-corrected chi connectivity index (χ2v) is 8.94. The summed E-state index contributed by atoms with van der Waals surface area (Å²) in [6, 6.07) is 14.0. The number of nitrogens with zero attached hydrogens (tertiary/aromatic N) is 1. The Kier molecular flexibility index (Phi) is 6.49. The number of carbonyl (C=O) groups excluding carboxylic acids is 1. The predicted molar refractivity (Wildman–Crippen MR) is 119 cm³/mol. The van der Waals surface area contributed by atoms with Gasteiger partial charge in [-0.15, -0.1) is 0 Å². The van der Waals surface area contributed by atoms with Crippen molar-refractivity contribution in [1.82, 2.24) is 0 Å². The van der Waals surface area contributed by atoms with Gasteiger partial charge in [0.2, 0.25) is 0 Å². The molecule has 0 heterocycles. The van der Waals surface area contributed by atoms with Crippen molar-refractivity contribution in [3.05, 3.63) is 92.0 Å². The number of carbonyl (C=O) groups is 1. The van der Waals surface area contributed by atoms with Crippen LogP contribution in [0.5, 0.6) is 0 Å². The fourth-order valence-electron chi connectivity index (χ4n) is 2.76. The number of sulfonamides is 1. The van der Waals surface area contributed by atoms with E-state index in [1.807, 2.05) is 0 Å².